The molecule has 2 aromatic heterocycles. The summed E-state index contributed by atoms with van der Waals surface area (Å²) >= 11 is 0. The third-order valence-electron chi connectivity index (χ3n) is 3.84. The summed E-state index contributed by atoms with van der Waals surface area (Å²) in [5.74, 6) is 0.279. The lowest BCUT2D eigenvalue weighted by Crippen LogP contribution is -2.31. The van der Waals surface area contributed by atoms with E-state index in [-0.39, 0.29) is 23.6 Å². The third kappa shape index (κ3) is 2.74. The molecule has 0 aliphatic heterocycles. The van der Waals surface area contributed by atoms with Gasteiger partial charge in [-0.25, -0.2) is 4.98 Å². The van der Waals surface area contributed by atoms with Gasteiger partial charge in [-0.2, -0.15) is 0 Å². The first-order valence-corrected chi connectivity index (χ1v) is 7.07. The number of aromatic nitrogens is 2. The molecule has 0 spiro atoms. The molecular formula is C15H17N3O3. The summed E-state index contributed by atoms with van der Waals surface area (Å²) in [7, 11) is 0. The molecule has 6 heteroatoms. The smallest absolute Gasteiger partial charge is 0.261 e. The van der Waals surface area contributed by atoms with E-state index in [0.29, 0.717) is 11.5 Å². The number of rotatable bonds is 3. The fourth-order valence-electron chi connectivity index (χ4n) is 2.60. The van der Waals surface area contributed by atoms with Crippen LogP contribution in [0.3, 0.4) is 0 Å². The van der Waals surface area contributed by atoms with Crippen LogP contribution in [0.1, 0.15) is 45.9 Å². The van der Waals surface area contributed by atoms with Gasteiger partial charge in [-0.1, -0.05) is 0 Å². The Morgan fingerprint density at radius 1 is 1.43 bits per heavy atom. The van der Waals surface area contributed by atoms with Crippen molar-refractivity contribution in [3.05, 3.63) is 51.1 Å². The molecule has 1 amide bonds. The van der Waals surface area contributed by atoms with Crippen molar-refractivity contribution in [2.75, 3.05) is 0 Å². The quantitative estimate of drug-likeness (QED) is 0.895. The van der Waals surface area contributed by atoms with Gasteiger partial charge in [0.2, 0.25) is 0 Å². The van der Waals surface area contributed by atoms with Crippen LogP contribution in [-0.4, -0.2) is 15.9 Å². The van der Waals surface area contributed by atoms with Crippen LogP contribution >= 0.6 is 0 Å². The molecule has 0 radical (unpaired) electrons. The summed E-state index contributed by atoms with van der Waals surface area (Å²) in [6.07, 6.45) is 5.31. The molecule has 21 heavy (non-hydrogen) atoms. The summed E-state index contributed by atoms with van der Waals surface area (Å²) in [4.78, 5) is 31.0. The predicted molar refractivity (Wildman–Crippen MR) is 76.1 cm³/mol. The Balaban J connectivity index is 1.78. The van der Waals surface area contributed by atoms with Gasteiger partial charge in [0.25, 0.3) is 11.5 Å². The molecule has 0 saturated carbocycles. The first-order chi connectivity index (χ1) is 10.1. The van der Waals surface area contributed by atoms with Crippen molar-refractivity contribution in [2.45, 2.75) is 39.2 Å². The molecule has 1 aliphatic rings. The molecule has 110 valence electrons. The molecule has 0 saturated heterocycles. The van der Waals surface area contributed by atoms with Crippen LogP contribution in [0.15, 0.2) is 21.7 Å². The van der Waals surface area contributed by atoms with Crippen molar-refractivity contribution in [2.24, 2.45) is 0 Å². The molecule has 6 nitrogen and oxygen atoms in total. The van der Waals surface area contributed by atoms with Gasteiger partial charge in [-0.3, -0.25) is 9.59 Å². The fourth-order valence-corrected chi connectivity index (χ4v) is 2.60. The van der Waals surface area contributed by atoms with Crippen LogP contribution in [0.4, 0.5) is 0 Å². The van der Waals surface area contributed by atoms with Gasteiger partial charge in [0, 0.05) is 5.69 Å². The highest BCUT2D eigenvalue weighted by Crippen LogP contribution is 2.18. The van der Waals surface area contributed by atoms with E-state index in [0.717, 1.165) is 36.9 Å². The fraction of sp³-hybridized carbons (Fsp3) is 0.400. The first kappa shape index (κ1) is 13.6. The zero-order chi connectivity index (χ0) is 14.8. The van der Waals surface area contributed by atoms with Crippen LogP contribution in [0.5, 0.6) is 0 Å². The number of H-pyrrole nitrogens is 1. The van der Waals surface area contributed by atoms with Crippen LogP contribution < -0.4 is 10.9 Å². The van der Waals surface area contributed by atoms with Crippen LogP contribution in [0, 0.1) is 6.92 Å². The molecule has 3 rings (SSSR count). The summed E-state index contributed by atoms with van der Waals surface area (Å²) in [6, 6.07) is 1.72. The summed E-state index contributed by atoms with van der Waals surface area (Å²) in [6.45, 7) is 2.03. The van der Waals surface area contributed by atoms with E-state index in [1.54, 1.807) is 13.0 Å². The Kier molecular flexibility index (Phi) is 3.60. The number of hydrogen-bond donors (Lipinski definition) is 2. The first-order valence-electron chi connectivity index (χ1n) is 7.07. The monoisotopic (exact) mass is 287 g/mol. The van der Waals surface area contributed by atoms with Gasteiger partial charge in [-0.05, 0) is 44.2 Å². The second kappa shape index (κ2) is 5.55. The maximum Gasteiger partial charge on any atom is 0.261 e. The lowest BCUT2D eigenvalue weighted by molar-refractivity contribution is 0.0948. The van der Waals surface area contributed by atoms with Gasteiger partial charge in [-0.15, -0.1) is 0 Å². The van der Waals surface area contributed by atoms with Crippen molar-refractivity contribution in [3.63, 3.8) is 0 Å². The average Bonchev–Trinajstić information content (AvgIpc) is 2.89. The summed E-state index contributed by atoms with van der Waals surface area (Å²) in [5, 5.41) is 2.71. The van der Waals surface area contributed by atoms with E-state index >= 15 is 0 Å². The van der Waals surface area contributed by atoms with E-state index in [2.05, 4.69) is 15.3 Å². The maximum absolute atomic E-state index is 12.2. The second-order valence-electron chi connectivity index (χ2n) is 5.26. The molecule has 2 heterocycles. The van der Waals surface area contributed by atoms with Crippen molar-refractivity contribution in [3.8, 4) is 0 Å². The number of aromatic amines is 1. The van der Waals surface area contributed by atoms with Crippen molar-refractivity contribution in [1.29, 1.82) is 0 Å². The van der Waals surface area contributed by atoms with E-state index in [4.69, 9.17) is 4.42 Å². The zero-order valence-corrected chi connectivity index (χ0v) is 11.9. The normalized spacial score (nSPS) is 13.8. The Hall–Kier alpha value is -2.37. The van der Waals surface area contributed by atoms with Gasteiger partial charge in [0.1, 0.15) is 17.0 Å². The van der Waals surface area contributed by atoms with Gasteiger partial charge in [0.15, 0.2) is 6.39 Å². The molecule has 0 unspecified atom stereocenters. The van der Waals surface area contributed by atoms with Crippen molar-refractivity contribution < 1.29 is 9.21 Å². The van der Waals surface area contributed by atoms with Gasteiger partial charge in [0.05, 0.1) is 6.54 Å². The van der Waals surface area contributed by atoms with E-state index < -0.39 is 0 Å². The highest BCUT2D eigenvalue weighted by atomic mass is 16.3. The van der Waals surface area contributed by atoms with E-state index in [1.165, 1.54) is 6.39 Å². The highest BCUT2D eigenvalue weighted by Gasteiger charge is 2.17. The average molecular weight is 287 g/mol. The van der Waals surface area contributed by atoms with Crippen molar-refractivity contribution >= 4 is 5.91 Å². The second-order valence-corrected chi connectivity index (χ2v) is 5.26. The maximum atomic E-state index is 12.2. The summed E-state index contributed by atoms with van der Waals surface area (Å²) in [5.41, 5.74) is 2.54. The number of oxazole rings is 1. The minimum atomic E-state index is -0.382. The van der Waals surface area contributed by atoms with Crippen LogP contribution in [-0.2, 0) is 19.4 Å². The van der Waals surface area contributed by atoms with E-state index in [9.17, 15) is 9.59 Å². The predicted octanol–water partition coefficient (Wildman–Crippen LogP) is 1.48. The Labute approximate surface area is 121 Å². The minimum Gasteiger partial charge on any atom is -0.448 e. The topological polar surface area (TPSA) is 88.0 Å². The number of amides is 1. The molecule has 0 atom stereocenters. The number of nitrogens with one attached hydrogen (secondary N) is 2. The Bertz CT molecular complexity index is 730. The SMILES string of the molecule is Cc1ocnc1CNC(=O)c1cc2c([nH]c1=O)CCCC2. The highest BCUT2D eigenvalue weighted by molar-refractivity contribution is 5.94. The number of carbonyl (C=O) groups excluding carboxylic acids is 1. The molecule has 0 fully saturated rings. The molecular weight excluding hydrogens is 270 g/mol. The zero-order valence-electron chi connectivity index (χ0n) is 11.9. The summed E-state index contributed by atoms with van der Waals surface area (Å²) < 4.78 is 5.07. The number of aryl methyl sites for hydroxylation is 3. The van der Waals surface area contributed by atoms with Gasteiger partial charge >= 0.3 is 0 Å². The molecule has 2 aromatic rings. The number of carbonyl (C=O) groups is 1. The third-order valence-corrected chi connectivity index (χ3v) is 3.84. The number of pyridine rings is 1. The number of hydrogen-bond acceptors (Lipinski definition) is 4. The lowest BCUT2D eigenvalue weighted by atomic mass is 9.95. The van der Waals surface area contributed by atoms with Crippen LogP contribution in [0.25, 0.3) is 0 Å². The Morgan fingerprint density at radius 2 is 2.24 bits per heavy atom. The molecule has 2 N–H and O–H groups in total. The number of fused-ring (bicyclic) bond motifs is 1. The van der Waals surface area contributed by atoms with Crippen molar-refractivity contribution in [1.82, 2.24) is 15.3 Å². The van der Waals surface area contributed by atoms with Gasteiger partial charge < -0.3 is 14.7 Å². The largest absolute Gasteiger partial charge is 0.448 e. The Morgan fingerprint density at radius 3 is 3.00 bits per heavy atom. The lowest BCUT2D eigenvalue weighted by Gasteiger charge is -2.15. The van der Waals surface area contributed by atoms with Crippen LogP contribution in [0.2, 0.25) is 0 Å². The molecule has 0 aromatic carbocycles. The van der Waals surface area contributed by atoms with E-state index in [1.807, 2.05) is 0 Å². The molecule has 0 bridgehead atoms. The standard InChI is InChI=1S/C15H17N3O3/c1-9-13(17-8-21-9)7-16-14(19)11-6-10-4-2-3-5-12(10)18-15(11)20/h6,8H,2-5,7H2,1H3,(H,16,19)(H,18,20). The minimum absolute atomic E-state index is 0.164. The molecule has 1 aliphatic carbocycles. The number of nitrogens with zero attached hydrogens (tertiary/aromatic N) is 1.